The number of anilines is 1. The lowest BCUT2D eigenvalue weighted by molar-refractivity contribution is 0.103. The molecule has 0 aliphatic carbocycles. The number of aryl methyl sites for hydroxylation is 2. The molecule has 3 aromatic heterocycles. The summed E-state index contributed by atoms with van der Waals surface area (Å²) in [6.45, 7) is 6.23. The maximum absolute atomic E-state index is 12.4. The zero-order valence-corrected chi connectivity index (χ0v) is 15.2. The minimum atomic E-state index is -0.141. The maximum Gasteiger partial charge on any atom is 0.267 e. The molecule has 23 heavy (non-hydrogen) atoms. The number of fused-ring (bicyclic) bond motifs is 1. The fraction of sp³-hybridized carbons (Fsp3) is 0.467. The molecule has 3 heterocycles. The molecule has 0 saturated carbocycles. The van der Waals surface area contributed by atoms with Gasteiger partial charge in [0.25, 0.3) is 5.91 Å². The van der Waals surface area contributed by atoms with Crippen LogP contribution in [0, 0.1) is 6.92 Å². The monoisotopic (exact) mass is 349 g/mol. The van der Waals surface area contributed by atoms with Crippen molar-refractivity contribution in [3.63, 3.8) is 0 Å². The largest absolute Gasteiger partial charge is 0.296 e. The summed E-state index contributed by atoms with van der Waals surface area (Å²) in [7, 11) is 1.89. The lowest BCUT2D eigenvalue weighted by Crippen LogP contribution is -2.09. The van der Waals surface area contributed by atoms with Crippen molar-refractivity contribution < 1.29 is 4.79 Å². The van der Waals surface area contributed by atoms with Gasteiger partial charge in [0.2, 0.25) is 5.13 Å². The second-order valence-corrected chi connectivity index (χ2v) is 7.49. The van der Waals surface area contributed by atoms with E-state index in [1.54, 1.807) is 0 Å². The van der Waals surface area contributed by atoms with Crippen molar-refractivity contribution in [1.82, 2.24) is 20.0 Å². The lowest BCUT2D eigenvalue weighted by Gasteiger charge is -2.05. The zero-order valence-electron chi connectivity index (χ0n) is 13.6. The first kappa shape index (κ1) is 16.1. The Hall–Kier alpha value is -1.80. The third kappa shape index (κ3) is 3.00. The number of aromatic nitrogens is 4. The molecule has 3 rings (SSSR count). The lowest BCUT2D eigenvalue weighted by atomic mass is 10.1. The van der Waals surface area contributed by atoms with Crippen molar-refractivity contribution in [2.45, 2.75) is 39.5 Å². The van der Waals surface area contributed by atoms with Crippen LogP contribution >= 0.6 is 22.7 Å². The molecule has 3 aromatic rings. The standard InChI is InChI=1S/C15H19N5OS2/c1-5-9(6-2)13-17-18-15(23-13)16-12(21)11-7-10-8(3)19-20(4)14(10)22-11/h7,9H,5-6H2,1-4H3,(H,16,18,21). The van der Waals surface area contributed by atoms with Gasteiger partial charge in [-0.05, 0) is 25.8 Å². The van der Waals surface area contributed by atoms with E-state index in [2.05, 4.69) is 34.5 Å². The first-order valence-electron chi connectivity index (χ1n) is 7.61. The Bertz CT molecular complexity index is 809. The van der Waals surface area contributed by atoms with Gasteiger partial charge in [-0.2, -0.15) is 5.10 Å². The third-order valence-corrected chi connectivity index (χ3v) is 6.12. The van der Waals surface area contributed by atoms with Gasteiger partial charge < -0.3 is 0 Å². The topological polar surface area (TPSA) is 72.7 Å². The van der Waals surface area contributed by atoms with Crippen LogP contribution in [0.4, 0.5) is 5.13 Å². The molecule has 0 fully saturated rings. The molecular weight excluding hydrogens is 330 g/mol. The summed E-state index contributed by atoms with van der Waals surface area (Å²) >= 11 is 2.90. The van der Waals surface area contributed by atoms with E-state index in [1.807, 2.05) is 24.7 Å². The highest BCUT2D eigenvalue weighted by Crippen LogP contribution is 2.30. The van der Waals surface area contributed by atoms with Gasteiger partial charge in [0.05, 0.1) is 10.6 Å². The molecule has 0 aromatic carbocycles. The molecule has 0 bridgehead atoms. The number of hydrogen-bond acceptors (Lipinski definition) is 6. The van der Waals surface area contributed by atoms with Crippen LogP contribution in [0.5, 0.6) is 0 Å². The van der Waals surface area contributed by atoms with Crippen molar-refractivity contribution in [2.75, 3.05) is 5.32 Å². The molecule has 1 N–H and O–H groups in total. The summed E-state index contributed by atoms with van der Waals surface area (Å²) in [5, 5.41) is 18.1. The van der Waals surface area contributed by atoms with E-state index >= 15 is 0 Å². The van der Waals surface area contributed by atoms with Gasteiger partial charge in [0.15, 0.2) is 0 Å². The van der Waals surface area contributed by atoms with Gasteiger partial charge in [-0.15, -0.1) is 21.5 Å². The molecule has 0 saturated heterocycles. The van der Waals surface area contributed by atoms with Gasteiger partial charge in [-0.1, -0.05) is 25.2 Å². The van der Waals surface area contributed by atoms with E-state index in [0.29, 0.717) is 15.9 Å². The van der Waals surface area contributed by atoms with Crippen LogP contribution < -0.4 is 5.32 Å². The van der Waals surface area contributed by atoms with Crippen LogP contribution in [-0.4, -0.2) is 25.9 Å². The average Bonchev–Trinajstić information content (AvgIpc) is 3.20. The molecule has 122 valence electrons. The summed E-state index contributed by atoms with van der Waals surface area (Å²) in [5.74, 6) is 0.272. The number of amides is 1. The van der Waals surface area contributed by atoms with Crippen molar-refractivity contribution >= 4 is 43.9 Å². The van der Waals surface area contributed by atoms with E-state index in [0.717, 1.165) is 33.8 Å². The van der Waals surface area contributed by atoms with Crippen LogP contribution in [0.25, 0.3) is 10.2 Å². The quantitative estimate of drug-likeness (QED) is 0.757. The number of carbonyl (C=O) groups is 1. The minimum Gasteiger partial charge on any atom is -0.296 e. The van der Waals surface area contributed by atoms with Crippen LogP contribution in [0.15, 0.2) is 6.07 Å². The summed E-state index contributed by atoms with van der Waals surface area (Å²) in [5.41, 5.74) is 0.935. The molecular formula is C15H19N5OS2. The number of nitrogens with zero attached hydrogens (tertiary/aromatic N) is 4. The molecule has 0 aliphatic rings. The van der Waals surface area contributed by atoms with Crippen LogP contribution in [0.3, 0.4) is 0 Å². The Morgan fingerprint density at radius 2 is 2.04 bits per heavy atom. The van der Waals surface area contributed by atoms with E-state index < -0.39 is 0 Å². The Balaban J connectivity index is 1.79. The summed E-state index contributed by atoms with van der Waals surface area (Å²) < 4.78 is 1.81. The molecule has 0 radical (unpaired) electrons. The molecule has 8 heteroatoms. The molecule has 1 amide bonds. The molecule has 0 unspecified atom stereocenters. The fourth-order valence-electron chi connectivity index (χ4n) is 2.56. The first-order chi connectivity index (χ1) is 11.0. The summed E-state index contributed by atoms with van der Waals surface area (Å²) in [6, 6.07) is 1.89. The number of thiophene rings is 1. The first-order valence-corrected chi connectivity index (χ1v) is 9.24. The number of carbonyl (C=O) groups excluding carboxylic acids is 1. The second-order valence-electron chi connectivity index (χ2n) is 5.45. The maximum atomic E-state index is 12.4. The Morgan fingerprint density at radius 1 is 1.30 bits per heavy atom. The normalized spacial score (nSPS) is 11.5. The number of nitrogens with one attached hydrogen (secondary N) is 1. The van der Waals surface area contributed by atoms with E-state index in [-0.39, 0.29) is 5.91 Å². The molecule has 0 spiro atoms. The van der Waals surface area contributed by atoms with Crippen molar-refractivity contribution in [3.05, 3.63) is 21.6 Å². The Kier molecular flexibility index (Phi) is 4.45. The molecule has 0 aliphatic heterocycles. The van der Waals surface area contributed by atoms with Gasteiger partial charge >= 0.3 is 0 Å². The predicted octanol–water partition coefficient (Wildman–Crippen LogP) is 3.95. The zero-order chi connectivity index (χ0) is 16.6. The molecule has 0 atom stereocenters. The van der Waals surface area contributed by atoms with Crippen LogP contribution in [0.1, 0.15) is 53.0 Å². The third-order valence-electron chi connectivity index (χ3n) is 3.92. The molecule has 6 nitrogen and oxygen atoms in total. The average molecular weight is 349 g/mol. The Morgan fingerprint density at radius 3 is 2.70 bits per heavy atom. The van der Waals surface area contributed by atoms with E-state index in [1.165, 1.54) is 22.7 Å². The second kappa shape index (κ2) is 6.37. The fourth-order valence-corrected chi connectivity index (χ4v) is 4.59. The summed E-state index contributed by atoms with van der Waals surface area (Å²) in [6.07, 6.45) is 2.06. The van der Waals surface area contributed by atoms with Gasteiger partial charge in [-0.3, -0.25) is 14.8 Å². The number of rotatable bonds is 5. The van der Waals surface area contributed by atoms with Gasteiger partial charge in [-0.25, -0.2) is 0 Å². The van der Waals surface area contributed by atoms with Gasteiger partial charge in [0, 0.05) is 18.4 Å². The van der Waals surface area contributed by atoms with Gasteiger partial charge in [0.1, 0.15) is 9.84 Å². The van der Waals surface area contributed by atoms with Crippen molar-refractivity contribution in [1.29, 1.82) is 0 Å². The van der Waals surface area contributed by atoms with E-state index in [4.69, 9.17) is 0 Å². The smallest absolute Gasteiger partial charge is 0.267 e. The SMILES string of the molecule is CCC(CC)c1nnc(NC(=O)c2cc3c(C)nn(C)c3s2)s1. The van der Waals surface area contributed by atoms with E-state index in [9.17, 15) is 4.79 Å². The summed E-state index contributed by atoms with van der Waals surface area (Å²) in [4.78, 5) is 14.1. The minimum absolute atomic E-state index is 0.141. The Labute approximate surface area is 142 Å². The highest BCUT2D eigenvalue weighted by atomic mass is 32.1. The predicted molar refractivity (Wildman–Crippen MR) is 94.5 cm³/mol. The number of hydrogen-bond donors (Lipinski definition) is 1. The van der Waals surface area contributed by atoms with Crippen LogP contribution in [0.2, 0.25) is 0 Å². The highest BCUT2D eigenvalue weighted by Gasteiger charge is 2.18. The van der Waals surface area contributed by atoms with Crippen molar-refractivity contribution in [2.24, 2.45) is 7.05 Å². The van der Waals surface area contributed by atoms with Crippen molar-refractivity contribution in [3.8, 4) is 0 Å². The highest BCUT2D eigenvalue weighted by molar-refractivity contribution is 7.20. The van der Waals surface area contributed by atoms with Crippen LogP contribution in [-0.2, 0) is 7.05 Å².